The monoisotopic (exact) mass is 483 g/mol. The van der Waals surface area contributed by atoms with Crippen molar-refractivity contribution in [2.24, 2.45) is 0 Å². The van der Waals surface area contributed by atoms with Gasteiger partial charge in [-0.15, -0.1) is 0 Å². The topological polar surface area (TPSA) is 114 Å². The van der Waals surface area contributed by atoms with Crippen LogP contribution in [0.2, 0.25) is 0 Å². The smallest absolute Gasteiger partial charge is 0.408 e. The number of amides is 3. The molecule has 0 heterocycles. The average Bonchev–Trinajstić information content (AvgIpc) is 2.81. The molecule has 0 unspecified atom stereocenters. The molecule has 0 radical (unpaired) electrons. The van der Waals surface area contributed by atoms with E-state index in [1.54, 1.807) is 58.0 Å². The lowest BCUT2D eigenvalue weighted by atomic mass is 10.1. The van der Waals surface area contributed by atoms with Crippen molar-refractivity contribution in [3.8, 4) is 0 Å². The number of hydrogen-bond donors (Lipinski definition) is 2. The van der Waals surface area contributed by atoms with Gasteiger partial charge in [0.2, 0.25) is 11.8 Å². The second kappa shape index (κ2) is 12.5. The normalized spacial score (nSPS) is 12.6. The molecular weight excluding hydrogens is 450 g/mol. The van der Waals surface area contributed by atoms with Crippen molar-refractivity contribution in [3.63, 3.8) is 0 Å². The highest BCUT2D eigenvalue weighted by atomic mass is 16.6. The minimum absolute atomic E-state index is 0.196. The summed E-state index contributed by atoms with van der Waals surface area (Å²) in [7, 11) is 1.24. The largest absolute Gasteiger partial charge is 0.467 e. The molecule has 35 heavy (non-hydrogen) atoms. The fourth-order valence-electron chi connectivity index (χ4n) is 3.33. The highest BCUT2D eigenvalue weighted by molar-refractivity contribution is 6.02. The minimum atomic E-state index is -0.983. The van der Waals surface area contributed by atoms with Crippen LogP contribution in [-0.4, -0.2) is 55.2 Å². The number of carbonyl (C=O) groups excluding carboxylic acids is 4. The molecule has 0 saturated heterocycles. The number of benzene rings is 2. The summed E-state index contributed by atoms with van der Waals surface area (Å²) in [6.45, 7) is 6.31. The summed E-state index contributed by atoms with van der Waals surface area (Å²) >= 11 is 0. The third kappa shape index (κ3) is 8.77. The van der Waals surface area contributed by atoms with Crippen LogP contribution in [0.5, 0.6) is 0 Å². The molecule has 9 nitrogen and oxygen atoms in total. The molecule has 2 aromatic rings. The molecule has 0 fully saturated rings. The Kier molecular flexibility index (Phi) is 9.81. The summed E-state index contributed by atoms with van der Waals surface area (Å²) in [6.07, 6.45) is -0.550. The molecule has 0 bridgehead atoms. The molecule has 0 aliphatic heterocycles. The lowest BCUT2D eigenvalue weighted by molar-refractivity contribution is -0.143. The SMILES string of the molecule is COC(=O)[C@H](C)N(C(=O)CNC(=O)[C@H](Cc1ccccc1)NC(=O)OC(C)(C)C)c1ccccc1. The minimum Gasteiger partial charge on any atom is -0.467 e. The zero-order valence-electron chi connectivity index (χ0n) is 20.7. The summed E-state index contributed by atoms with van der Waals surface area (Å²) in [5.41, 5.74) is 0.561. The van der Waals surface area contributed by atoms with Gasteiger partial charge >= 0.3 is 12.1 Å². The fraction of sp³-hybridized carbons (Fsp3) is 0.385. The third-order valence-electron chi connectivity index (χ3n) is 4.94. The van der Waals surface area contributed by atoms with E-state index in [1.165, 1.54) is 12.0 Å². The maximum Gasteiger partial charge on any atom is 0.408 e. The third-order valence-corrected chi connectivity index (χ3v) is 4.94. The standard InChI is InChI=1S/C26H33N3O6/c1-18(24(32)34-5)29(20-14-10-7-11-15-20)22(30)17-27-23(31)21(16-19-12-8-6-9-13-19)28-25(33)35-26(2,3)4/h6-15,18,21H,16-17H2,1-5H3,(H,27,31)(H,28,33)/t18-,21-/m0/s1. The first-order valence-electron chi connectivity index (χ1n) is 11.3. The van der Waals surface area contributed by atoms with Gasteiger partial charge < -0.3 is 20.1 Å². The number of carbonyl (C=O) groups is 4. The number of methoxy groups -OCH3 is 1. The van der Waals surface area contributed by atoms with E-state index in [0.29, 0.717) is 5.69 Å². The van der Waals surface area contributed by atoms with Gasteiger partial charge in [0.15, 0.2) is 0 Å². The molecular formula is C26H33N3O6. The number of para-hydroxylation sites is 1. The number of alkyl carbamates (subject to hydrolysis) is 1. The van der Waals surface area contributed by atoms with E-state index < -0.39 is 48.1 Å². The first-order valence-corrected chi connectivity index (χ1v) is 11.3. The van der Waals surface area contributed by atoms with E-state index in [4.69, 9.17) is 9.47 Å². The van der Waals surface area contributed by atoms with Crippen LogP contribution in [0.25, 0.3) is 0 Å². The van der Waals surface area contributed by atoms with Gasteiger partial charge in [0.25, 0.3) is 0 Å². The van der Waals surface area contributed by atoms with E-state index in [1.807, 2.05) is 30.3 Å². The molecule has 2 rings (SSSR count). The Hall–Kier alpha value is -3.88. The molecule has 2 aromatic carbocycles. The van der Waals surface area contributed by atoms with Gasteiger partial charge in [-0.3, -0.25) is 14.5 Å². The predicted molar refractivity (Wildman–Crippen MR) is 132 cm³/mol. The molecule has 0 spiro atoms. The zero-order chi connectivity index (χ0) is 26.0. The van der Waals surface area contributed by atoms with Gasteiger partial charge in [0.05, 0.1) is 13.7 Å². The summed E-state index contributed by atoms with van der Waals surface area (Å²) in [4.78, 5) is 51.9. The number of esters is 1. The van der Waals surface area contributed by atoms with E-state index in [-0.39, 0.29) is 6.42 Å². The van der Waals surface area contributed by atoms with Crippen LogP contribution in [0.1, 0.15) is 33.3 Å². The van der Waals surface area contributed by atoms with Crippen LogP contribution in [0.15, 0.2) is 60.7 Å². The Balaban J connectivity index is 2.16. The summed E-state index contributed by atoms with van der Waals surface area (Å²) in [5.74, 6) is -1.67. The molecule has 0 saturated carbocycles. The quantitative estimate of drug-likeness (QED) is 0.530. The van der Waals surface area contributed by atoms with Crippen LogP contribution in [0.3, 0.4) is 0 Å². The Bertz CT molecular complexity index is 1000. The summed E-state index contributed by atoms with van der Waals surface area (Å²) < 4.78 is 10.1. The second-order valence-electron chi connectivity index (χ2n) is 8.90. The van der Waals surface area contributed by atoms with Crippen molar-refractivity contribution in [3.05, 3.63) is 66.2 Å². The van der Waals surface area contributed by atoms with Gasteiger partial charge in [-0.2, -0.15) is 0 Å². The summed E-state index contributed by atoms with van der Waals surface area (Å²) in [6, 6.07) is 15.9. The Morgan fingerprint density at radius 2 is 1.51 bits per heavy atom. The van der Waals surface area contributed by atoms with Crippen LogP contribution in [0.4, 0.5) is 10.5 Å². The predicted octanol–water partition coefficient (Wildman–Crippen LogP) is 2.83. The molecule has 2 atom stereocenters. The fourth-order valence-corrected chi connectivity index (χ4v) is 3.33. The molecule has 9 heteroatoms. The van der Waals surface area contributed by atoms with Gasteiger partial charge in [0, 0.05) is 12.1 Å². The lowest BCUT2D eigenvalue weighted by Gasteiger charge is -2.28. The van der Waals surface area contributed by atoms with Gasteiger partial charge in [-0.25, -0.2) is 9.59 Å². The van der Waals surface area contributed by atoms with Crippen LogP contribution >= 0.6 is 0 Å². The molecule has 0 aromatic heterocycles. The Labute approximate surface area is 205 Å². The molecule has 0 aliphatic carbocycles. The molecule has 3 amide bonds. The van der Waals surface area contributed by atoms with Crippen molar-refractivity contribution in [2.45, 2.75) is 51.8 Å². The number of anilines is 1. The van der Waals surface area contributed by atoms with Crippen molar-refractivity contribution in [2.75, 3.05) is 18.6 Å². The Morgan fingerprint density at radius 3 is 2.06 bits per heavy atom. The highest BCUT2D eigenvalue weighted by Gasteiger charge is 2.30. The highest BCUT2D eigenvalue weighted by Crippen LogP contribution is 2.17. The van der Waals surface area contributed by atoms with Crippen LogP contribution < -0.4 is 15.5 Å². The number of nitrogens with one attached hydrogen (secondary N) is 2. The van der Waals surface area contributed by atoms with Crippen molar-refractivity contribution in [1.82, 2.24) is 10.6 Å². The second-order valence-corrected chi connectivity index (χ2v) is 8.90. The number of ether oxygens (including phenoxy) is 2. The first kappa shape index (κ1) is 27.4. The van der Waals surface area contributed by atoms with E-state index in [9.17, 15) is 19.2 Å². The number of nitrogens with zero attached hydrogens (tertiary/aromatic N) is 1. The van der Waals surface area contributed by atoms with E-state index in [0.717, 1.165) is 5.56 Å². The average molecular weight is 484 g/mol. The zero-order valence-corrected chi connectivity index (χ0v) is 20.7. The number of rotatable bonds is 9. The molecule has 0 aliphatic rings. The Morgan fingerprint density at radius 1 is 0.943 bits per heavy atom. The summed E-state index contributed by atoms with van der Waals surface area (Å²) in [5, 5.41) is 5.16. The van der Waals surface area contributed by atoms with Crippen molar-refractivity contribution < 1.29 is 28.7 Å². The molecule has 188 valence electrons. The van der Waals surface area contributed by atoms with Gasteiger partial charge in [-0.05, 0) is 45.4 Å². The number of hydrogen-bond acceptors (Lipinski definition) is 6. The van der Waals surface area contributed by atoms with Gasteiger partial charge in [-0.1, -0.05) is 48.5 Å². The van der Waals surface area contributed by atoms with Crippen molar-refractivity contribution in [1.29, 1.82) is 0 Å². The van der Waals surface area contributed by atoms with Crippen LogP contribution in [-0.2, 0) is 30.3 Å². The maximum atomic E-state index is 13.1. The van der Waals surface area contributed by atoms with Crippen LogP contribution in [0, 0.1) is 0 Å². The lowest BCUT2D eigenvalue weighted by Crippen LogP contribution is -2.53. The van der Waals surface area contributed by atoms with E-state index >= 15 is 0 Å². The van der Waals surface area contributed by atoms with E-state index in [2.05, 4.69) is 10.6 Å². The molecule has 2 N–H and O–H groups in total. The van der Waals surface area contributed by atoms with Crippen molar-refractivity contribution >= 4 is 29.6 Å². The maximum absolute atomic E-state index is 13.1. The first-order chi connectivity index (χ1) is 16.5. The van der Waals surface area contributed by atoms with Gasteiger partial charge in [0.1, 0.15) is 17.7 Å².